The summed E-state index contributed by atoms with van der Waals surface area (Å²) < 4.78 is 30.1. The van der Waals surface area contributed by atoms with E-state index >= 15 is 0 Å². The molecule has 0 unspecified atom stereocenters. The van der Waals surface area contributed by atoms with Crippen molar-refractivity contribution in [1.29, 1.82) is 0 Å². The fourth-order valence-electron chi connectivity index (χ4n) is 3.12. The van der Waals surface area contributed by atoms with Crippen molar-refractivity contribution in [3.05, 3.63) is 17.2 Å². The van der Waals surface area contributed by atoms with Gasteiger partial charge in [0.2, 0.25) is 5.95 Å². The highest BCUT2D eigenvalue weighted by Gasteiger charge is 2.34. The average Bonchev–Trinajstić information content (AvgIpc) is 2.83. The molecule has 1 fully saturated rings. The van der Waals surface area contributed by atoms with Gasteiger partial charge in [0.15, 0.2) is 5.15 Å². The monoisotopic (exact) mass is 402 g/mol. The van der Waals surface area contributed by atoms with Crippen LogP contribution in [0.1, 0.15) is 26.1 Å². The van der Waals surface area contributed by atoms with Crippen LogP contribution in [-0.2, 0) is 11.0 Å². The Morgan fingerprint density at radius 1 is 1.46 bits per heavy atom. The standard InChI is InChI=1S/C16H25ClFN6OP/c1-10(2)7-14-21-15(17)13-8-19-16(22-24(13)14)20-12-5-6-23(9-11(12)18)26(3,4)25/h8,10-12H,5-7,9H2,1-4H3,(H,20,22)/t11-,12-/m1/s1. The van der Waals surface area contributed by atoms with E-state index in [1.165, 1.54) is 0 Å². The van der Waals surface area contributed by atoms with Crippen LogP contribution in [0, 0.1) is 5.92 Å². The van der Waals surface area contributed by atoms with Gasteiger partial charge in [-0.05, 0) is 12.3 Å². The minimum atomic E-state index is -2.43. The van der Waals surface area contributed by atoms with Crippen LogP contribution >= 0.6 is 18.9 Å². The molecule has 1 aliphatic heterocycles. The van der Waals surface area contributed by atoms with E-state index in [1.54, 1.807) is 28.7 Å². The number of rotatable bonds is 5. The Morgan fingerprint density at radius 2 is 2.19 bits per heavy atom. The van der Waals surface area contributed by atoms with Crippen molar-refractivity contribution >= 4 is 30.4 Å². The number of hydrogen-bond donors (Lipinski definition) is 1. The van der Waals surface area contributed by atoms with Gasteiger partial charge in [-0.3, -0.25) is 4.67 Å². The van der Waals surface area contributed by atoms with E-state index in [1.807, 2.05) is 0 Å². The van der Waals surface area contributed by atoms with E-state index in [0.29, 0.717) is 35.5 Å². The van der Waals surface area contributed by atoms with Crippen LogP contribution in [0.3, 0.4) is 0 Å². The number of anilines is 1. The molecule has 0 aromatic carbocycles. The van der Waals surface area contributed by atoms with Gasteiger partial charge in [-0.15, -0.1) is 5.10 Å². The molecule has 2 atom stereocenters. The zero-order valence-electron chi connectivity index (χ0n) is 15.5. The molecule has 2 aromatic heterocycles. The molecule has 0 aliphatic carbocycles. The first kappa shape index (κ1) is 19.5. The molecule has 1 aliphatic rings. The summed E-state index contributed by atoms with van der Waals surface area (Å²) in [6, 6.07) is -0.414. The second-order valence-corrected chi connectivity index (χ2v) is 11.1. The lowest BCUT2D eigenvalue weighted by Crippen LogP contribution is -2.46. The number of fused-ring (bicyclic) bond motifs is 1. The van der Waals surface area contributed by atoms with E-state index in [2.05, 4.69) is 34.2 Å². The average molecular weight is 403 g/mol. The van der Waals surface area contributed by atoms with Crippen molar-refractivity contribution in [3.8, 4) is 0 Å². The highest BCUT2D eigenvalue weighted by atomic mass is 35.5. The Hall–Kier alpha value is -1.24. The topological polar surface area (TPSA) is 75.4 Å². The van der Waals surface area contributed by atoms with Crippen molar-refractivity contribution in [3.63, 3.8) is 0 Å². The third-order valence-electron chi connectivity index (χ3n) is 4.52. The van der Waals surface area contributed by atoms with Crippen molar-refractivity contribution in [2.75, 3.05) is 31.7 Å². The number of hydrogen-bond acceptors (Lipinski definition) is 5. The van der Waals surface area contributed by atoms with E-state index in [4.69, 9.17) is 11.6 Å². The predicted molar refractivity (Wildman–Crippen MR) is 102 cm³/mol. The molecular weight excluding hydrogens is 378 g/mol. The van der Waals surface area contributed by atoms with Crippen LogP contribution in [-0.4, -0.2) is 62.9 Å². The summed E-state index contributed by atoms with van der Waals surface area (Å²) in [5, 5.41) is 7.90. The molecule has 0 amide bonds. The first-order chi connectivity index (χ1) is 12.1. The van der Waals surface area contributed by atoms with Gasteiger partial charge in [0.05, 0.1) is 12.2 Å². The van der Waals surface area contributed by atoms with Crippen LogP contribution < -0.4 is 5.32 Å². The summed E-state index contributed by atoms with van der Waals surface area (Å²) in [6.45, 7) is 8.26. The minimum absolute atomic E-state index is 0.152. The second-order valence-electron chi connectivity index (χ2n) is 7.56. The van der Waals surface area contributed by atoms with Crippen LogP contribution in [0.25, 0.3) is 5.52 Å². The first-order valence-corrected chi connectivity index (χ1v) is 11.7. The zero-order valence-corrected chi connectivity index (χ0v) is 17.1. The molecule has 2 aromatic rings. The second kappa shape index (κ2) is 7.41. The van der Waals surface area contributed by atoms with Crippen LogP contribution in [0.15, 0.2) is 6.20 Å². The largest absolute Gasteiger partial charge is 0.347 e. The number of nitrogens with zero attached hydrogens (tertiary/aromatic N) is 5. The van der Waals surface area contributed by atoms with Crippen molar-refractivity contribution in [1.82, 2.24) is 24.3 Å². The fraction of sp³-hybridized carbons (Fsp3) is 0.688. The number of imidazole rings is 1. The molecule has 0 saturated carbocycles. The first-order valence-electron chi connectivity index (χ1n) is 8.76. The Kier molecular flexibility index (Phi) is 5.56. The van der Waals surface area contributed by atoms with E-state index < -0.39 is 19.5 Å². The summed E-state index contributed by atoms with van der Waals surface area (Å²) in [7, 11) is -2.43. The van der Waals surface area contributed by atoms with Gasteiger partial charge >= 0.3 is 0 Å². The van der Waals surface area contributed by atoms with Crippen LogP contribution in [0.5, 0.6) is 0 Å². The maximum atomic E-state index is 14.6. The molecule has 1 saturated heterocycles. The molecule has 0 bridgehead atoms. The molecule has 3 heterocycles. The third-order valence-corrected chi connectivity index (χ3v) is 6.53. The Bertz CT molecular complexity index is 837. The molecular formula is C16H25ClFN6OP. The quantitative estimate of drug-likeness (QED) is 0.773. The highest BCUT2D eigenvalue weighted by Crippen LogP contribution is 2.43. The van der Waals surface area contributed by atoms with E-state index in [0.717, 1.165) is 12.2 Å². The van der Waals surface area contributed by atoms with Gasteiger partial charge in [0, 0.05) is 32.8 Å². The molecule has 0 spiro atoms. The molecule has 0 radical (unpaired) electrons. The Morgan fingerprint density at radius 3 is 2.81 bits per heavy atom. The van der Waals surface area contributed by atoms with Gasteiger partial charge < -0.3 is 9.88 Å². The number of nitrogens with one attached hydrogen (secondary N) is 1. The van der Waals surface area contributed by atoms with Gasteiger partial charge in [0.1, 0.15) is 24.8 Å². The van der Waals surface area contributed by atoms with Crippen molar-refractivity contribution in [2.45, 2.75) is 38.9 Å². The maximum absolute atomic E-state index is 14.6. The van der Waals surface area contributed by atoms with Crippen molar-refractivity contribution in [2.24, 2.45) is 5.92 Å². The number of halogens is 2. The third kappa shape index (κ3) is 4.18. The number of aromatic nitrogens is 4. The smallest absolute Gasteiger partial charge is 0.241 e. The Balaban J connectivity index is 1.78. The molecule has 3 rings (SSSR count). The lowest BCUT2D eigenvalue weighted by Gasteiger charge is -2.36. The summed E-state index contributed by atoms with van der Waals surface area (Å²) in [6.07, 6.45) is 1.73. The molecule has 144 valence electrons. The summed E-state index contributed by atoms with van der Waals surface area (Å²) >= 11 is 6.16. The molecule has 10 heteroatoms. The zero-order chi connectivity index (χ0) is 19.1. The van der Waals surface area contributed by atoms with Gasteiger partial charge in [-0.1, -0.05) is 25.4 Å². The minimum Gasteiger partial charge on any atom is -0.347 e. The summed E-state index contributed by atoms with van der Waals surface area (Å²) in [4.78, 5) is 8.61. The Labute approximate surface area is 157 Å². The highest BCUT2D eigenvalue weighted by molar-refractivity contribution is 7.59. The van der Waals surface area contributed by atoms with E-state index in [9.17, 15) is 8.96 Å². The maximum Gasteiger partial charge on any atom is 0.241 e. The lowest BCUT2D eigenvalue weighted by molar-refractivity contribution is 0.185. The van der Waals surface area contributed by atoms with Gasteiger partial charge in [-0.25, -0.2) is 18.9 Å². The number of piperidine rings is 1. The fourth-order valence-corrected chi connectivity index (χ4v) is 4.50. The van der Waals surface area contributed by atoms with E-state index in [-0.39, 0.29) is 6.54 Å². The lowest BCUT2D eigenvalue weighted by atomic mass is 10.1. The SMILES string of the molecule is CC(C)Cc1nc(Cl)c2cnc(N[C@@H]3CCN(P(C)(C)=O)C[C@H]3F)nn12. The molecule has 1 N–H and O–H groups in total. The normalized spacial score (nSPS) is 22.3. The van der Waals surface area contributed by atoms with Crippen LogP contribution in [0.2, 0.25) is 5.15 Å². The van der Waals surface area contributed by atoms with Crippen molar-refractivity contribution < 1.29 is 8.96 Å². The van der Waals surface area contributed by atoms with Gasteiger partial charge in [0.25, 0.3) is 0 Å². The predicted octanol–water partition coefficient (Wildman–Crippen LogP) is 3.34. The summed E-state index contributed by atoms with van der Waals surface area (Å²) in [5.41, 5.74) is 0.636. The number of alkyl halides is 1. The molecule has 7 nitrogen and oxygen atoms in total. The van der Waals surface area contributed by atoms with Crippen LogP contribution in [0.4, 0.5) is 10.3 Å². The molecule has 26 heavy (non-hydrogen) atoms. The summed E-state index contributed by atoms with van der Waals surface area (Å²) in [5.74, 6) is 1.50. The van der Waals surface area contributed by atoms with Gasteiger partial charge in [-0.2, -0.15) is 0 Å².